The third-order valence-corrected chi connectivity index (χ3v) is 2.95. The lowest BCUT2D eigenvalue weighted by molar-refractivity contribution is -0.385. The van der Waals surface area contributed by atoms with Gasteiger partial charge in [-0.25, -0.2) is 4.98 Å². The number of rotatable bonds is 5. The van der Waals surface area contributed by atoms with Crippen molar-refractivity contribution in [2.45, 2.75) is 13.8 Å². The molecule has 0 aliphatic rings. The lowest BCUT2D eigenvalue weighted by atomic mass is 10.1. The standard InChI is InChI=1S/C12H13ClN4O3/c1-3-16(7-8(2)5-14)12(18)10-4-9(17(19)20)6-15-11(10)13/h4,6,8H,3,7H2,1-2H3. The molecule has 7 nitrogen and oxygen atoms in total. The van der Waals surface area contributed by atoms with Gasteiger partial charge in [-0.1, -0.05) is 11.6 Å². The van der Waals surface area contributed by atoms with Crippen molar-refractivity contribution in [3.63, 3.8) is 0 Å². The molecule has 0 aliphatic heterocycles. The molecule has 1 unspecified atom stereocenters. The van der Waals surface area contributed by atoms with Crippen molar-refractivity contribution in [3.8, 4) is 6.07 Å². The van der Waals surface area contributed by atoms with Gasteiger partial charge < -0.3 is 4.90 Å². The molecular formula is C12H13ClN4O3. The second kappa shape index (κ2) is 6.82. The number of hydrogen-bond donors (Lipinski definition) is 0. The van der Waals surface area contributed by atoms with E-state index in [1.165, 1.54) is 4.90 Å². The molecule has 0 aromatic carbocycles. The van der Waals surface area contributed by atoms with Crippen LogP contribution < -0.4 is 0 Å². The first kappa shape index (κ1) is 15.9. The first-order valence-corrected chi connectivity index (χ1v) is 6.27. The molecule has 1 aromatic rings. The molecule has 0 aliphatic carbocycles. The monoisotopic (exact) mass is 296 g/mol. The number of aromatic nitrogens is 1. The molecule has 1 heterocycles. The molecular weight excluding hydrogens is 284 g/mol. The van der Waals surface area contributed by atoms with Crippen molar-refractivity contribution < 1.29 is 9.72 Å². The van der Waals surface area contributed by atoms with Gasteiger partial charge in [0.15, 0.2) is 0 Å². The molecule has 1 atom stereocenters. The third kappa shape index (κ3) is 3.65. The van der Waals surface area contributed by atoms with Gasteiger partial charge in [0.2, 0.25) is 0 Å². The van der Waals surface area contributed by atoms with Crippen LogP contribution in [0.25, 0.3) is 0 Å². The summed E-state index contributed by atoms with van der Waals surface area (Å²) in [5.74, 6) is -0.819. The summed E-state index contributed by atoms with van der Waals surface area (Å²) in [5.41, 5.74) is -0.338. The highest BCUT2D eigenvalue weighted by Gasteiger charge is 2.22. The van der Waals surface area contributed by atoms with Crippen LogP contribution in [0.15, 0.2) is 12.3 Å². The normalized spacial score (nSPS) is 11.5. The smallest absolute Gasteiger partial charge is 0.288 e. The van der Waals surface area contributed by atoms with E-state index in [0.717, 1.165) is 12.3 Å². The number of nitriles is 1. The number of halogens is 1. The van der Waals surface area contributed by atoms with E-state index >= 15 is 0 Å². The minimum atomic E-state index is -0.645. The topological polar surface area (TPSA) is 100 Å². The minimum absolute atomic E-state index is 0.0344. The molecule has 0 spiro atoms. The first-order chi connectivity index (χ1) is 9.40. The van der Waals surface area contributed by atoms with Gasteiger partial charge in [0.1, 0.15) is 11.3 Å². The predicted molar refractivity (Wildman–Crippen MR) is 72.3 cm³/mol. The fraction of sp³-hybridized carbons (Fsp3) is 0.417. The van der Waals surface area contributed by atoms with Crippen molar-refractivity contribution in [1.82, 2.24) is 9.88 Å². The van der Waals surface area contributed by atoms with Crippen molar-refractivity contribution in [2.24, 2.45) is 5.92 Å². The van der Waals surface area contributed by atoms with Crippen molar-refractivity contribution in [1.29, 1.82) is 5.26 Å². The summed E-state index contributed by atoms with van der Waals surface area (Å²) in [6.07, 6.45) is 0.993. The predicted octanol–water partition coefficient (Wildman–Crippen LogP) is 2.26. The molecule has 0 saturated carbocycles. The maximum Gasteiger partial charge on any atom is 0.288 e. The summed E-state index contributed by atoms with van der Waals surface area (Å²) in [5, 5.41) is 19.4. The quantitative estimate of drug-likeness (QED) is 0.471. The zero-order valence-electron chi connectivity index (χ0n) is 11.0. The molecule has 8 heteroatoms. The first-order valence-electron chi connectivity index (χ1n) is 5.89. The van der Waals surface area contributed by atoms with E-state index in [1.54, 1.807) is 13.8 Å². The van der Waals surface area contributed by atoms with Crippen LogP contribution in [0.5, 0.6) is 0 Å². The molecule has 1 amide bonds. The number of hydrogen-bond acceptors (Lipinski definition) is 5. The maximum atomic E-state index is 12.3. The van der Waals surface area contributed by atoms with E-state index < -0.39 is 10.8 Å². The van der Waals surface area contributed by atoms with Gasteiger partial charge in [-0.15, -0.1) is 0 Å². The third-order valence-electron chi connectivity index (χ3n) is 2.65. The zero-order chi connectivity index (χ0) is 15.3. The van der Waals surface area contributed by atoms with E-state index in [0.29, 0.717) is 6.54 Å². The number of nitrogens with zero attached hydrogens (tertiary/aromatic N) is 4. The van der Waals surface area contributed by atoms with Crippen LogP contribution in [0.4, 0.5) is 5.69 Å². The Bertz CT molecular complexity index is 570. The van der Waals surface area contributed by atoms with Crippen LogP contribution in [0.2, 0.25) is 5.15 Å². The maximum absolute atomic E-state index is 12.3. The second-order valence-electron chi connectivity index (χ2n) is 4.16. The Morgan fingerprint density at radius 2 is 2.35 bits per heavy atom. The van der Waals surface area contributed by atoms with Crippen LogP contribution in [-0.4, -0.2) is 33.8 Å². The zero-order valence-corrected chi connectivity index (χ0v) is 11.8. The van der Waals surface area contributed by atoms with Gasteiger partial charge in [-0.05, 0) is 13.8 Å². The molecule has 0 bridgehead atoms. The molecule has 0 saturated heterocycles. The fourth-order valence-corrected chi connectivity index (χ4v) is 1.77. The van der Waals surface area contributed by atoms with Gasteiger partial charge >= 0.3 is 0 Å². The minimum Gasteiger partial charge on any atom is -0.338 e. The van der Waals surface area contributed by atoms with Crippen LogP contribution >= 0.6 is 11.6 Å². The van der Waals surface area contributed by atoms with E-state index in [-0.39, 0.29) is 28.9 Å². The Labute approximate surface area is 120 Å². The summed E-state index contributed by atoms with van der Waals surface area (Å²) in [6, 6.07) is 3.12. The van der Waals surface area contributed by atoms with E-state index in [2.05, 4.69) is 4.98 Å². The molecule has 0 fully saturated rings. The summed E-state index contributed by atoms with van der Waals surface area (Å²) < 4.78 is 0. The van der Waals surface area contributed by atoms with Crippen LogP contribution in [0.1, 0.15) is 24.2 Å². The van der Waals surface area contributed by atoms with Crippen molar-refractivity contribution in [3.05, 3.63) is 33.1 Å². The average Bonchev–Trinajstić information content (AvgIpc) is 2.43. The van der Waals surface area contributed by atoms with Gasteiger partial charge in [0.05, 0.1) is 22.5 Å². The van der Waals surface area contributed by atoms with E-state index in [4.69, 9.17) is 16.9 Å². The molecule has 106 valence electrons. The Morgan fingerprint density at radius 1 is 1.70 bits per heavy atom. The molecule has 1 rings (SSSR count). The number of carbonyl (C=O) groups is 1. The van der Waals surface area contributed by atoms with Crippen molar-refractivity contribution in [2.75, 3.05) is 13.1 Å². The Kier molecular flexibility index (Phi) is 5.41. The lowest BCUT2D eigenvalue weighted by Crippen LogP contribution is -2.34. The number of carbonyl (C=O) groups excluding carboxylic acids is 1. The molecule has 0 radical (unpaired) electrons. The van der Waals surface area contributed by atoms with E-state index in [9.17, 15) is 14.9 Å². The van der Waals surface area contributed by atoms with E-state index in [1.807, 2.05) is 6.07 Å². The fourth-order valence-electron chi connectivity index (χ4n) is 1.58. The van der Waals surface area contributed by atoms with Crippen LogP contribution in [0.3, 0.4) is 0 Å². The van der Waals surface area contributed by atoms with Gasteiger partial charge in [-0.3, -0.25) is 14.9 Å². The summed E-state index contributed by atoms with van der Waals surface area (Å²) in [7, 11) is 0. The number of amides is 1. The Balaban J connectivity index is 3.09. The highest BCUT2D eigenvalue weighted by atomic mass is 35.5. The number of nitro groups is 1. The number of pyridine rings is 1. The molecule has 0 N–H and O–H groups in total. The Hall–Kier alpha value is -2.20. The summed E-state index contributed by atoms with van der Waals surface area (Å²) >= 11 is 5.82. The van der Waals surface area contributed by atoms with Crippen LogP contribution in [-0.2, 0) is 0 Å². The van der Waals surface area contributed by atoms with Gasteiger partial charge in [0, 0.05) is 19.2 Å². The largest absolute Gasteiger partial charge is 0.338 e. The Morgan fingerprint density at radius 3 is 2.85 bits per heavy atom. The second-order valence-corrected chi connectivity index (χ2v) is 4.52. The SMILES string of the molecule is CCN(CC(C)C#N)C(=O)c1cc([N+](=O)[O-])cnc1Cl. The van der Waals surface area contributed by atoms with Gasteiger partial charge in [0.25, 0.3) is 11.6 Å². The average molecular weight is 297 g/mol. The van der Waals surface area contributed by atoms with Crippen molar-refractivity contribution >= 4 is 23.2 Å². The van der Waals surface area contributed by atoms with Crippen LogP contribution in [0, 0.1) is 27.4 Å². The molecule has 1 aromatic heterocycles. The van der Waals surface area contributed by atoms with Gasteiger partial charge in [-0.2, -0.15) is 5.26 Å². The highest BCUT2D eigenvalue weighted by Crippen LogP contribution is 2.21. The summed E-state index contributed by atoms with van der Waals surface area (Å²) in [6.45, 7) is 4.03. The summed E-state index contributed by atoms with van der Waals surface area (Å²) in [4.78, 5) is 27.4. The highest BCUT2D eigenvalue weighted by molar-refractivity contribution is 6.32. The lowest BCUT2D eigenvalue weighted by Gasteiger charge is -2.22. The molecule has 20 heavy (non-hydrogen) atoms.